The Labute approximate surface area is 189 Å². The van der Waals surface area contributed by atoms with Crippen molar-refractivity contribution in [2.75, 3.05) is 50.9 Å². The molecule has 4 N–H and O–H groups in total. The highest BCUT2D eigenvalue weighted by Gasteiger charge is 2.27. The minimum Gasteiger partial charge on any atom is -0.494 e. The van der Waals surface area contributed by atoms with Crippen LogP contribution in [-0.2, 0) is 6.42 Å². The number of carbonyl (C=O) groups excluding carboxylic acids is 1. The summed E-state index contributed by atoms with van der Waals surface area (Å²) >= 11 is 0. The summed E-state index contributed by atoms with van der Waals surface area (Å²) in [7, 11) is 1.46. The smallest absolute Gasteiger partial charge is 0.258 e. The highest BCUT2D eigenvalue weighted by atomic mass is 19.1. The quantitative estimate of drug-likeness (QED) is 0.507. The number of hydrogen-bond acceptors (Lipinski definition) is 9. The second-order valence-corrected chi connectivity index (χ2v) is 7.44. The first-order valence-electron chi connectivity index (χ1n) is 10.4. The maximum atomic E-state index is 14.1. The zero-order valence-electron chi connectivity index (χ0n) is 18.1. The highest BCUT2D eigenvalue weighted by Crippen LogP contribution is 2.32. The SMILES string of the molecule is COc1c(CCNc2ncnc(N)c2C#N)nc2ccc(F)cc2c1C(=O)N1CCNCC1. The van der Waals surface area contributed by atoms with Gasteiger partial charge in [-0.3, -0.25) is 4.79 Å². The average molecular weight is 450 g/mol. The molecule has 0 spiro atoms. The van der Waals surface area contributed by atoms with E-state index in [1.165, 1.54) is 25.6 Å². The lowest BCUT2D eigenvalue weighted by molar-refractivity contribution is 0.0734. The Kier molecular flexibility index (Phi) is 6.46. The van der Waals surface area contributed by atoms with Gasteiger partial charge in [0.05, 0.1) is 23.9 Å². The Morgan fingerprint density at radius 2 is 2.15 bits per heavy atom. The van der Waals surface area contributed by atoms with Crippen LogP contribution in [-0.4, -0.2) is 65.6 Å². The molecule has 0 atom stereocenters. The van der Waals surface area contributed by atoms with Gasteiger partial charge < -0.3 is 26.0 Å². The first-order chi connectivity index (χ1) is 16.0. The van der Waals surface area contributed by atoms with Crippen molar-refractivity contribution in [2.24, 2.45) is 0 Å². The minimum atomic E-state index is -0.458. The van der Waals surface area contributed by atoms with Gasteiger partial charge in [-0.05, 0) is 18.2 Å². The maximum absolute atomic E-state index is 14.1. The zero-order chi connectivity index (χ0) is 23.4. The number of carbonyl (C=O) groups is 1. The molecule has 0 radical (unpaired) electrons. The van der Waals surface area contributed by atoms with Gasteiger partial charge in [0.25, 0.3) is 5.91 Å². The van der Waals surface area contributed by atoms with E-state index in [-0.39, 0.29) is 17.3 Å². The molecule has 1 aliphatic heterocycles. The van der Waals surface area contributed by atoms with Gasteiger partial charge in [-0.2, -0.15) is 5.26 Å². The van der Waals surface area contributed by atoms with Crippen LogP contribution in [0.25, 0.3) is 10.9 Å². The number of fused-ring (bicyclic) bond motifs is 1. The van der Waals surface area contributed by atoms with E-state index in [0.29, 0.717) is 72.9 Å². The number of nitrogens with one attached hydrogen (secondary N) is 2. The third-order valence-corrected chi connectivity index (χ3v) is 5.44. The van der Waals surface area contributed by atoms with Crippen molar-refractivity contribution in [1.29, 1.82) is 5.26 Å². The van der Waals surface area contributed by atoms with E-state index in [4.69, 9.17) is 10.5 Å². The number of aromatic nitrogens is 3. The number of amides is 1. The zero-order valence-corrected chi connectivity index (χ0v) is 18.1. The Balaban J connectivity index is 1.70. The molecule has 3 heterocycles. The largest absolute Gasteiger partial charge is 0.494 e. The molecule has 10 nitrogen and oxygen atoms in total. The molecular weight excluding hydrogens is 427 g/mol. The number of nitrogens with zero attached hydrogens (tertiary/aromatic N) is 5. The van der Waals surface area contributed by atoms with Crippen LogP contribution in [0.2, 0.25) is 0 Å². The van der Waals surface area contributed by atoms with Crippen molar-refractivity contribution in [2.45, 2.75) is 6.42 Å². The second-order valence-electron chi connectivity index (χ2n) is 7.44. The summed E-state index contributed by atoms with van der Waals surface area (Å²) in [5.74, 6) is 0.0174. The van der Waals surface area contributed by atoms with Crippen LogP contribution in [0.4, 0.5) is 16.0 Å². The van der Waals surface area contributed by atoms with E-state index in [1.807, 2.05) is 6.07 Å². The van der Waals surface area contributed by atoms with Crippen LogP contribution in [0.5, 0.6) is 5.75 Å². The molecule has 2 aromatic heterocycles. The second kappa shape index (κ2) is 9.62. The van der Waals surface area contributed by atoms with Gasteiger partial charge in [0.1, 0.15) is 35.4 Å². The Hall–Kier alpha value is -4.04. The number of benzene rings is 1. The van der Waals surface area contributed by atoms with Gasteiger partial charge in [-0.25, -0.2) is 19.3 Å². The number of rotatable bonds is 6. The van der Waals surface area contributed by atoms with Gasteiger partial charge >= 0.3 is 0 Å². The molecule has 0 unspecified atom stereocenters. The van der Waals surface area contributed by atoms with Crippen LogP contribution < -0.4 is 21.1 Å². The number of nitrogen functional groups attached to an aromatic ring is 1. The molecule has 33 heavy (non-hydrogen) atoms. The molecule has 3 aromatic rings. The highest BCUT2D eigenvalue weighted by molar-refractivity contribution is 6.09. The average Bonchev–Trinajstić information content (AvgIpc) is 2.83. The Bertz CT molecular complexity index is 1240. The van der Waals surface area contributed by atoms with E-state index >= 15 is 0 Å². The first-order valence-corrected chi connectivity index (χ1v) is 10.4. The van der Waals surface area contributed by atoms with Gasteiger partial charge in [0, 0.05) is 44.5 Å². The number of pyridine rings is 1. The fourth-order valence-electron chi connectivity index (χ4n) is 3.84. The summed E-state index contributed by atoms with van der Waals surface area (Å²) < 4.78 is 19.7. The fourth-order valence-corrected chi connectivity index (χ4v) is 3.84. The number of nitriles is 1. The molecule has 1 saturated heterocycles. The van der Waals surface area contributed by atoms with Crippen LogP contribution in [0.3, 0.4) is 0 Å². The number of ether oxygens (including phenoxy) is 1. The summed E-state index contributed by atoms with van der Waals surface area (Å²) in [6, 6.07) is 6.15. The molecular formula is C22H23FN8O2. The van der Waals surface area contributed by atoms with E-state index < -0.39 is 5.82 Å². The number of halogens is 1. The topological polar surface area (TPSA) is 142 Å². The van der Waals surface area contributed by atoms with Crippen molar-refractivity contribution < 1.29 is 13.9 Å². The van der Waals surface area contributed by atoms with Crippen LogP contribution in [0, 0.1) is 17.1 Å². The number of nitrogens with two attached hydrogens (primary N) is 1. The lowest BCUT2D eigenvalue weighted by Crippen LogP contribution is -2.46. The van der Waals surface area contributed by atoms with Crippen molar-refractivity contribution in [1.82, 2.24) is 25.2 Å². The lowest BCUT2D eigenvalue weighted by Gasteiger charge is -2.28. The standard InChI is InChI=1S/C22H23FN8O2/c1-33-19-17(4-5-27-21-15(11-24)20(25)28-12-29-21)30-16-3-2-13(23)10-14(16)18(19)22(32)31-8-6-26-7-9-31/h2-3,10,12,26H,4-9H2,1H3,(H3,25,27,28,29). The summed E-state index contributed by atoms with van der Waals surface area (Å²) in [6.07, 6.45) is 1.62. The predicted molar refractivity (Wildman–Crippen MR) is 120 cm³/mol. The van der Waals surface area contributed by atoms with Crippen molar-refractivity contribution in [3.63, 3.8) is 0 Å². The van der Waals surface area contributed by atoms with Crippen molar-refractivity contribution >= 4 is 28.4 Å². The number of anilines is 2. The normalized spacial score (nSPS) is 13.5. The molecule has 1 aromatic carbocycles. The molecule has 0 aliphatic carbocycles. The Morgan fingerprint density at radius 3 is 2.88 bits per heavy atom. The predicted octanol–water partition coefficient (Wildman–Crippen LogP) is 1.33. The van der Waals surface area contributed by atoms with Gasteiger partial charge in [0.2, 0.25) is 0 Å². The number of methoxy groups -OCH3 is 1. The van der Waals surface area contributed by atoms with E-state index in [1.54, 1.807) is 11.0 Å². The summed E-state index contributed by atoms with van der Waals surface area (Å²) in [6.45, 7) is 2.80. The summed E-state index contributed by atoms with van der Waals surface area (Å²) in [5.41, 5.74) is 7.21. The monoisotopic (exact) mass is 450 g/mol. The molecule has 1 fully saturated rings. The Morgan fingerprint density at radius 1 is 1.36 bits per heavy atom. The molecule has 0 bridgehead atoms. The fraction of sp³-hybridized carbons (Fsp3) is 0.318. The van der Waals surface area contributed by atoms with Crippen molar-refractivity contribution in [3.8, 4) is 11.8 Å². The van der Waals surface area contributed by atoms with Crippen LogP contribution in [0.1, 0.15) is 21.6 Å². The van der Waals surface area contributed by atoms with E-state index in [9.17, 15) is 14.4 Å². The third kappa shape index (κ3) is 4.47. The molecule has 1 amide bonds. The molecule has 1 aliphatic rings. The molecule has 11 heteroatoms. The maximum Gasteiger partial charge on any atom is 0.258 e. The molecule has 170 valence electrons. The van der Waals surface area contributed by atoms with Gasteiger partial charge in [-0.1, -0.05) is 0 Å². The third-order valence-electron chi connectivity index (χ3n) is 5.44. The summed E-state index contributed by atoms with van der Waals surface area (Å²) in [4.78, 5) is 27.7. The summed E-state index contributed by atoms with van der Waals surface area (Å²) in [5, 5.41) is 16.0. The van der Waals surface area contributed by atoms with Crippen LogP contribution in [0.15, 0.2) is 24.5 Å². The van der Waals surface area contributed by atoms with E-state index in [0.717, 1.165) is 0 Å². The number of hydrogen-bond donors (Lipinski definition) is 3. The minimum absolute atomic E-state index is 0.0855. The van der Waals surface area contributed by atoms with Crippen molar-refractivity contribution in [3.05, 3.63) is 47.2 Å². The van der Waals surface area contributed by atoms with Gasteiger partial charge in [-0.15, -0.1) is 0 Å². The lowest BCUT2D eigenvalue weighted by atomic mass is 10.0. The first kappa shape index (κ1) is 22.2. The van der Waals surface area contributed by atoms with Crippen LogP contribution >= 0.6 is 0 Å². The van der Waals surface area contributed by atoms with E-state index in [2.05, 4.69) is 25.6 Å². The van der Waals surface area contributed by atoms with Gasteiger partial charge in [0.15, 0.2) is 5.75 Å². The molecule has 4 rings (SSSR count). The molecule has 0 saturated carbocycles. The number of piperazine rings is 1.